The molecule has 1 aromatic carbocycles. The van der Waals surface area contributed by atoms with Gasteiger partial charge in [-0.3, -0.25) is 19.8 Å². The Hall–Kier alpha value is -3.71. The fraction of sp³-hybridized carbons (Fsp3) is 0.744. The van der Waals surface area contributed by atoms with Crippen LogP contribution in [0.25, 0.3) is 0 Å². The fourth-order valence-electron chi connectivity index (χ4n) is 7.48. The minimum absolute atomic E-state index is 0.0608. The SMILES string of the molecule is CCCCCCCCCCCC(=O)O[C@@H](CN(CC1CCCCC1)NC(=O)[C@@H](NC(=O)OC)C(C)C)C(C(=O)[C@@H](NC(=O)OC)C(C)C)C(N)c1ccccc1. The maximum Gasteiger partial charge on any atom is 0.407 e. The summed E-state index contributed by atoms with van der Waals surface area (Å²) in [5.41, 5.74) is 10.7. The molecule has 1 aliphatic carbocycles. The Balaban J connectivity index is 2.55. The molecule has 1 aromatic rings. The second-order valence-corrected chi connectivity index (χ2v) is 16.1. The summed E-state index contributed by atoms with van der Waals surface area (Å²) in [5, 5.41) is 7.04. The molecule has 56 heavy (non-hydrogen) atoms. The number of nitrogens with one attached hydrogen (secondary N) is 3. The molecule has 5 N–H and O–H groups in total. The van der Waals surface area contributed by atoms with Crippen LogP contribution in [0.4, 0.5) is 9.59 Å². The lowest BCUT2D eigenvalue weighted by Gasteiger charge is -2.38. The number of hydrazine groups is 1. The third-order valence-electron chi connectivity index (χ3n) is 10.8. The molecule has 0 spiro atoms. The Morgan fingerprint density at radius 2 is 1.30 bits per heavy atom. The van der Waals surface area contributed by atoms with Crippen molar-refractivity contribution in [3.63, 3.8) is 0 Å². The van der Waals surface area contributed by atoms with Gasteiger partial charge in [0.15, 0.2) is 5.78 Å². The number of nitrogens with zero attached hydrogens (tertiary/aromatic N) is 1. The van der Waals surface area contributed by atoms with Gasteiger partial charge >= 0.3 is 18.2 Å². The number of unbranched alkanes of at least 4 members (excludes halogenated alkanes) is 8. The Morgan fingerprint density at radius 3 is 1.84 bits per heavy atom. The quantitative estimate of drug-likeness (QED) is 0.0321. The minimum atomic E-state index is -1.13. The lowest BCUT2D eigenvalue weighted by atomic mass is 9.80. The van der Waals surface area contributed by atoms with Gasteiger partial charge in [0, 0.05) is 19.0 Å². The van der Waals surface area contributed by atoms with Crippen LogP contribution < -0.4 is 21.8 Å². The number of ketones is 1. The summed E-state index contributed by atoms with van der Waals surface area (Å²) >= 11 is 0. The van der Waals surface area contributed by atoms with E-state index in [1.807, 2.05) is 58.0 Å². The van der Waals surface area contributed by atoms with Crippen LogP contribution in [0.5, 0.6) is 0 Å². The molecule has 318 valence electrons. The maximum absolute atomic E-state index is 14.8. The molecule has 1 fully saturated rings. The molecule has 13 heteroatoms. The van der Waals surface area contributed by atoms with Gasteiger partial charge in [0.1, 0.15) is 12.1 Å². The van der Waals surface area contributed by atoms with Crippen molar-refractivity contribution in [3.8, 4) is 0 Å². The molecule has 0 bridgehead atoms. The average Bonchev–Trinajstić information content (AvgIpc) is 3.18. The highest BCUT2D eigenvalue weighted by molar-refractivity contribution is 5.91. The van der Waals surface area contributed by atoms with E-state index in [0.717, 1.165) is 51.4 Å². The summed E-state index contributed by atoms with van der Waals surface area (Å²) < 4.78 is 16.0. The van der Waals surface area contributed by atoms with Gasteiger partial charge in [-0.05, 0) is 42.6 Å². The van der Waals surface area contributed by atoms with Crippen molar-refractivity contribution >= 4 is 29.8 Å². The molecule has 0 aromatic heterocycles. The van der Waals surface area contributed by atoms with Crippen LogP contribution in [0.3, 0.4) is 0 Å². The van der Waals surface area contributed by atoms with Gasteiger partial charge < -0.3 is 30.6 Å². The lowest BCUT2D eigenvalue weighted by molar-refractivity contribution is -0.157. The number of carbonyl (C=O) groups is 5. The molecule has 0 radical (unpaired) electrons. The Labute approximate surface area is 336 Å². The van der Waals surface area contributed by atoms with E-state index in [-0.39, 0.29) is 30.7 Å². The van der Waals surface area contributed by atoms with Crippen molar-refractivity contribution in [1.29, 1.82) is 0 Å². The van der Waals surface area contributed by atoms with Gasteiger partial charge in [0.2, 0.25) is 0 Å². The van der Waals surface area contributed by atoms with Gasteiger partial charge in [-0.25, -0.2) is 14.6 Å². The van der Waals surface area contributed by atoms with Gasteiger partial charge in [0.05, 0.1) is 32.7 Å². The monoisotopic (exact) mass is 788 g/mol. The van der Waals surface area contributed by atoms with Crippen molar-refractivity contribution < 1.29 is 38.2 Å². The smallest absolute Gasteiger partial charge is 0.407 e. The summed E-state index contributed by atoms with van der Waals surface area (Å²) in [6.45, 7) is 9.82. The molecule has 0 heterocycles. The van der Waals surface area contributed by atoms with Crippen molar-refractivity contribution in [2.45, 2.75) is 155 Å². The molecule has 3 amide bonds. The zero-order valence-electron chi connectivity index (χ0n) is 35.3. The van der Waals surface area contributed by atoms with E-state index < -0.39 is 60.0 Å². The Morgan fingerprint density at radius 1 is 0.768 bits per heavy atom. The van der Waals surface area contributed by atoms with E-state index in [1.54, 1.807) is 5.01 Å². The number of hydrogen-bond acceptors (Lipinski definition) is 10. The Bertz CT molecular complexity index is 1310. The van der Waals surface area contributed by atoms with Crippen LogP contribution in [0.2, 0.25) is 0 Å². The standard InChI is InChI=1S/C43H73N5O8/c1-8-9-10-11-12-13-14-15-22-27-35(49)56-34(36(37(44)33-25-20-17-21-26-33)40(50)38(30(2)3)45-42(52)54-6)29-48(28-32-23-18-16-19-24-32)47-41(51)39(31(4)5)46-43(53)55-7/h17,20-21,25-26,30-32,34,36-39H,8-16,18-19,22-24,27-29,44H2,1-7H3,(H,45,52)(H,46,53)(H,47,51)/t34-,36?,37?,38-,39-/m0/s1. The molecule has 2 rings (SSSR count). The van der Waals surface area contributed by atoms with Crippen LogP contribution in [0.1, 0.15) is 143 Å². The number of alkyl carbamates (subject to hydrolysis) is 2. The number of ether oxygens (including phenoxy) is 3. The predicted molar refractivity (Wildman–Crippen MR) is 218 cm³/mol. The minimum Gasteiger partial charge on any atom is -0.460 e. The number of hydrogen-bond donors (Lipinski definition) is 4. The predicted octanol–water partition coefficient (Wildman–Crippen LogP) is 7.38. The average molecular weight is 788 g/mol. The molecule has 0 saturated heterocycles. The Kier molecular flexibility index (Phi) is 23.4. The first-order chi connectivity index (χ1) is 26.8. The third kappa shape index (κ3) is 17.6. The second-order valence-electron chi connectivity index (χ2n) is 16.1. The molecule has 0 aliphatic heterocycles. The highest BCUT2D eigenvalue weighted by Crippen LogP contribution is 2.30. The molecule has 13 nitrogen and oxygen atoms in total. The molecule has 1 aliphatic rings. The first-order valence-electron chi connectivity index (χ1n) is 21.1. The van der Waals surface area contributed by atoms with Gasteiger partial charge in [0.25, 0.3) is 5.91 Å². The van der Waals surface area contributed by atoms with E-state index in [0.29, 0.717) is 18.5 Å². The van der Waals surface area contributed by atoms with Crippen LogP contribution in [0.15, 0.2) is 30.3 Å². The number of benzene rings is 1. The summed E-state index contributed by atoms with van der Waals surface area (Å²) in [6, 6.07) is 6.25. The molecule has 2 unspecified atom stereocenters. The van der Waals surface area contributed by atoms with Crippen molar-refractivity contribution in [1.82, 2.24) is 21.1 Å². The molecule has 5 atom stereocenters. The first-order valence-corrected chi connectivity index (χ1v) is 21.1. The van der Waals surface area contributed by atoms with Crippen LogP contribution in [-0.4, -0.2) is 80.4 Å². The van der Waals surface area contributed by atoms with E-state index in [2.05, 4.69) is 23.0 Å². The number of esters is 1. The number of Topliss-reactive ketones (excluding diaryl/α,β-unsaturated/α-hetero) is 1. The summed E-state index contributed by atoms with van der Waals surface area (Å²) in [5.74, 6) is -2.90. The van der Waals surface area contributed by atoms with Gasteiger partial charge in [-0.2, -0.15) is 0 Å². The van der Waals surface area contributed by atoms with Crippen molar-refractivity contribution in [3.05, 3.63) is 35.9 Å². The largest absolute Gasteiger partial charge is 0.460 e. The van der Waals surface area contributed by atoms with Crippen molar-refractivity contribution in [2.75, 3.05) is 27.3 Å². The lowest BCUT2D eigenvalue weighted by Crippen LogP contribution is -2.59. The van der Waals surface area contributed by atoms with Crippen molar-refractivity contribution in [2.24, 2.45) is 29.4 Å². The molecule has 1 saturated carbocycles. The van der Waals surface area contributed by atoms with Gasteiger partial charge in [-0.15, -0.1) is 0 Å². The third-order valence-corrected chi connectivity index (χ3v) is 10.8. The number of carbonyl (C=O) groups excluding carboxylic acids is 5. The fourth-order valence-corrected chi connectivity index (χ4v) is 7.48. The first kappa shape index (κ1) is 48.4. The summed E-state index contributed by atoms with van der Waals surface area (Å²) in [7, 11) is 2.47. The normalized spacial score (nSPS) is 16.1. The van der Waals surface area contributed by atoms with E-state index in [1.165, 1.54) is 46.3 Å². The highest BCUT2D eigenvalue weighted by atomic mass is 16.5. The van der Waals surface area contributed by atoms with Crippen LogP contribution in [0, 0.1) is 23.7 Å². The summed E-state index contributed by atoms with van der Waals surface area (Å²) in [4.78, 5) is 67.3. The molecular formula is C43H73N5O8. The maximum atomic E-state index is 14.8. The number of methoxy groups -OCH3 is 2. The van der Waals surface area contributed by atoms with E-state index in [9.17, 15) is 24.0 Å². The summed E-state index contributed by atoms with van der Waals surface area (Å²) in [6.07, 6.45) is 12.4. The zero-order chi connectivity index (χ0) is 41.5. The highest BCUT2D eigenvalue weighted by Gasteiger charge is 2.43. The number of amides is 3. The topological polar surface area (TPSA) is 178 Å². The van der Waals surface area contributed by atoms with Crippen LogP contribution in [-0.2, 0) is 28.6 Å². The number of nitrogens with two attached hydrogens (primary N) is 1. The second kappa shape index (κ2) is 27.0. The molecular weight excluding hydrogens is 714 g/mol. The van der Waals surface area contributed by atoms with Crippen LogP contribution >= 0.6 is 0 Å². The van der Waals surface area contributed by atoms with E-state index in [4.69, 9.17) is 19.9 Å². The zero-order valence-corrected chi connectivity index (χ0v) is 35.3. The van der Waals surface area contributed by atoms with E-state index >= 15 is 0 Å². The van der Waals surface area contributed by atoms with Gasteiger partial charge in [-0.1, -0.05) is 136 Å². The number of rotatable bonds is 26.